The van der Waals surface area contributed by atoms with E-state index >= 15 is 0 Å². The van der Waals surface area contributed by atoms with Gasteiger partial charge in [-0.1, -0.05) is 6.07 Å². The Morgan fingerprint density at radius 3 is 3.17 bits per heavy atom. The van der Waals surface area contributed by atoms with Gasteiger partial charge in [0.1, 0.15) is 5.65 Å². The molecule has 0 amide bonds. The number of pyridine rings is 1. The van der Waals surface area contributed by atoms with Gasteiger partial charge >= 0.3 is 0 Å². The van der Waals surface area contributed by atoms with Gasteiger partial charge in [-0.05, 0) is 12.1 Å². The predicted molar refractivity (Wildman–Crippen MR) is 42.0 cm³/mol. The lowest BCUT2D eigenvalue weighted by Crippen LogP contribution is -2.12. The molecule has 0 aliphatic heterocycles. The van der Waals surface area contributed by atoms with E-state index in [1.54, 1.807) is 24.4 Å². The van der Waals surface area contributed by atoms with Crippen molar-refractivity contribution in [2.45, 2.75) is 0 Å². The summed E-state index contributed by atoms with van der Waals surface area (Å²) in [6.45, 7) is 0. The van der Waals surface area contributed by atoms with Gasteiger partial charge in [-0.25, -0.2) is 4.98 Å². The van der Waals surface area contributed by atoms with Gasteiger partial charge in [0.15, 0.2) is 0 Å². The van der Waals surface area contributed by atoms with E-state index in [2.05, 4.69) is 11.1 Å². The molecule has 2 aromatic rings. The van der Waals surface area contributed by atoms with Gasteiger partial charge in [-0.3, -0.25) is 4.40 Å². The first-order valence-corrected chi connectivity index (χ1v) is 3.37. The van der Waals surface area contributed by atoms with Crippen LogP contribution in [-0.2, 0) is 0 Å². The van der Waals surface area contributed by atoms with Crippen molar-refractivity contribution in [3.8, 4) is 5.88 Å². The highest BCUT2D eigenvalue weighted by molar-refractivity contribution is 5.38. The molecular formula is C8H5N2O2-. The second-order valence-corrected chi connectivity index (χ2v) is 2.29. The van der Waals surface area contributed by atoms with Crippen LogP contribution in [0.1, 0.15) is 0 Å². The third-order valence-corrected chi connectivity index (χ3v) is 1.50. The van der Waals surface area contributed by atoms with E-state index in [0.717, 1.165) is 0 Å². The van der Waals surface area contributed by atoms with Crippen LogP contribution >= 0.6 is 0 Å². The lowest BCUT2D eigenvalue weighted by Gasteiger charge is -2.06. The Balaban J connectivity index is 2.99. The zero-order valence-electron chi connectivity index (χ0n) is 6.06. The fourth-order valence-corrected chi connectivity index (χ4v) is 0.989. The molecule has 2 heterocycles. The molecule has 0 aromatic carbocycles. The maximum Gasteiger partial charge on any atom is 0.137 e. The van der Waals surface area contributed by atoms with Crippen molar-refractivity contribution in [2.75, 3.05) is 0 Å². The van der Waals surface area contributed by atoms with E-state index in [9.17, 15) is 4.79 Å². The lowest BCUT2D eigenvalue weighted by atomic mass is 10.4. The van der Waals surface area contributed by atoms with Crippen molar-refractivity contribution < 1.29 is 5.11 Å². The summed E-state index contributed by atoms with van der Waals surface area (Å²) in [5.74, 6) is -0.369. The SMILES string of the molecule is O=c1[c-]c(O)nc2ccccn12. The molecule has 2 rings (SSSR count). The van der Waals surface area contributed by atoms with Crippen LogP contribution in [0.15, 0.2) is 29.2 Å². The highest BCUT2D eigenvalue weighted by Crippen LogP contribution is 2.01. The minimum atomic E-state index is -0.405. The van der Waals surface area contributed by atoms with Crippen molar-refractivity contribution in [3.63, 3.8) is 0 Å². The molecule has 2 aromatic heterocycles. The molecule has 0 radical (unpaired) electrons. The van der Waals surface area contributed by atoms with Crippen molar-refractivity contribution in [2.24, 2.45) is 0 Å². The molecule has 0 unspecified atom stereocenters. The molecule has 0 aliphatic carbocycles. The van der Waals surface area contributed by atoms with E-state index < -0.39 is 5.56 Å². The first-order chi connectivity index (χ1) is 5.77. The quantitative estimate of drug-likeness (QED) is 0.561. The Hall–Kier alpha value is -1.84. The maximum atomic E-state index is 11.1. The number of nitrogens with zero attached hydrogens (tertiary/aromatic N) is 2. The molecule has 0 spiro atoms. The number of fused-ring (bicyclic) bond motifs is 1. The third-order valence-electron chi connectivity index (χ3n) is 1.50. The number of rotatable bonds is 0. The zero-order valence-corrected chi connectivity index (χ0v) is 6.06. The molecule has 0 saturated carbocycles. The summed E-state index contributed by atoms with van der Waals surface area (Å²) in [6.07, 6.45) is 1.57. The summed E-state index contributed by atoms with van der Waals surface area (Å²) in [4.78, 5) is 14.8. The summed E-state index contributed by atoms with van der Waals surface area (Å²) in [5.41, 5.74) is 0.0110. The molecule has 0 fully saturated rings. The smallest absolute Gasteiger partial charge is 0.137 e. The average Bonchev–Trinajstić information content (AvgIpc) is 2.04. The van der Waals surface area contributed by atoms with Gasteiger partial charge < -0.3 is 16.0 Å². The Morgan fingerprint density at radius 1 is 1.50 bits per heavy atom. The minimum absolute atomic E-state index is 0.369. The monoisotopic (exact) mass is 161 g/mol. The number of aromatic hydroxyl groups is 1. The lowest BCUT2D eigenvalue weighted by molar-refractivity contribution is 0.451. The Labute approximate surface area is 67.7 Å². The van der Waals surface area contributed by atoms with Crippen LogP contribution in [0.4, 0.5) is 0 Å². The van der Waals surface area contributed by atoms with Crippen LogP contribution in [0.3, 0.4) is 0 Å². The van der Waals surface area contributed by atoms with Gasteiger partial charge in [0.25, 0.3) is 0 Å². The van der Waals surface area contributed by atoms with E-state index in [0.29, 0.717) is 5.65 Å². The van der Waals surface area contributed by atoms with Crippen LogP contribution in [0, 0.1) is 6.07 Å². The summed E-state index contributed by atoms with van der Waals surface area (Å²) in [5, 5.41) is 8.93. The van der Waals surface area contributed by atoms with E-state index in [1.807, 2.05) is 0 Å². The fourth-order valence-electron chi connectivity index (χ4n) is 0.989. The topological polar surface area (TPSA) is 54.6 Å². The van der Waals surface area contributed by atoms with Crippen LogP contribution < -0.4 is 5.56 Å². The average molecular weight is 161 g/mol. The van der Waals surface area contributed by atoms with Gasteiger partial charge in [0.05, 0.1) is 5.56 Å². The summed E-state index contributed by atoms with van der Waals surface area (Å²) >= 11 is 0. The molecule has 60 valence electrons. The van der Waals surface area contributed by atoms with E-state index in [1.165, 1.54) is 4.40 Å². The van der Waals surface area contributed by atoms with Crippen LogP contribution in [-0.4, -0.2) is 14.5 Å². The first-order valence-electron chi connectivity index (χ1n) is 3.37. The highest BCUT2D eigenvalue weighted by atomic mass is 16.3. The molecule has 1 N–H and O–H groups in total. The Bertz CT molecular complexity index is 476. The second kappa shape index (κ2) is 2.34. The molecule has 0 atom stereocenters. The number of hydrogen-bond acceptors (Lipinski definition) is 3. The third kappa shape index (κ3) is 0.934. The molecule has 12 heavy (non-hydrogen) atoms. The Kier molecular flexibility index (Phi) is 1.33. The van der Waals surface area contributed by atoms with Crippen LogP contribution in [0.5, 0.6) is 5.88 Å². The highest BCUT2D eigenvalue weighted by Gasteiger charge is 1.88. The zero-order chi connectivity index (χ0) is 8.55. The van der Waals surface area contributed by atoms with Gasteiger partial charge in [-0.15, -0.1) is 0 Å². The van der Waals surface area contributed by atoms with Gasteiger partial charge in [-0.2, -0.15) is 0 Å². The van der Waals surface area contributed by atoms with E-state index in [4.69, 9.17) is 5.11 Å². The van der Waals surface area contributed by atoms with Crippen molar-refractivity contribution in [1.82, 2.24) is 9.38 Å². The number of aromatic nitrogens is 2. The minimum Gasteiger partial charge on any atom is -0.526 e. The molecule has 0 saturated heterocycles. The van der Waals surface area contributed by atoms with Crippen molar-refractivity contribution >= 4 is 5.65 Å². The molecule has 0 aliphatic rings. The van der Waals surface area contributed by atoms with Crippen LogP contribution in [0.25, 0.3) is 5.65 Å². The summed E-state index contributed by atoms with van der Waals surface area (Å²) in [7, 11) is 0. The van der Waals surface area contributed by atoms with Gasteiger partial charge in [0.2, 0.25) is 0 Å². The molecule has 0 bridgehead atoms. The summed E-state index contributed by atoms with van der Waals surface area (Å²) in [6, 6.07) is 7.25. The first kappa shape index (κ1) is 6.84. The molecular weight excluding hydrogens is 156 g/mol. The van der Waals surface area contributed by atoms with Gasteiger partial charge in [0, 0.05) is 12.1 Å². The molecule has 4 heteroatoms. The summed E-state index contributed by atoms with van der Waals surface area (Å²) < 4.78 is 1.31. The Morgan fingerprint density at radius 2 is 2.33 bits per heavy atom. The van der Waals surface area contributed by atoms with Crippen molar-refractivity contribution in [1.29, 1.82) is 0 Å². The maximum absolute atomic E-state index is 11.1. The van der Waals surface area contributed by atoms with Crippen molar-refractivity contribution in [3.05, 3.63) is 40.8 Å². The standard InChI is InChI=1S/C8H5N2O2/c11-7-5-8(12)10-4-2-1-3-6(10)9-7/h1-4,11H/q-1. The fraction of sp³-hybridized carbons (Fsp3) is 0. The normalized spacial score (nSPS) is 10.3. The van der Waals surface area contributed by atoms with E-state index in [-0.39, 0.29) is 5.88 Å². The molecule has 4 nitrogen and oxygen atoms in total. The second-order valence-electron chi connectivity index (χ2n) is 2.29. The number of hydrogen-bond donors (Lipinski definition) is 1. The van der Waals surface area contributed by atoms with Crippen LogP contribution in [0.2, 0.25) is 0 Å². The predicted octanol–water partition coefficient (Wildman–Crippen LogP) is 0.200. The largest absolute Gasteiger partial charge is 0.526 e.